The number of nitrogens with zero attached hydrogens (tertiary/aromatic N) is 2. The number of nitrogens with one attached hydrogen (secondary N) is 1. The lowest BCUT2D eigenvalue weighted by Crippen LogP contribution is -2.36. The summed E-state index contributed by atoms with van der Waals surface area (Å²) < 4.78 is 31.5. The number of hydrogen-bond donors (Lipinski definition) is 1. The van der Waals surface area contributed by atoms with Crippen LogP contribution in [0.4, 0.5) is 11.4 Å². The SMILES string of the molecule is Cc1cccc(N(CCCC(=O)NCc2ccc(N3CCOCC3)cc2)S(C)(=O)=O)c1C. The van der Waals surface area contributed by atoms with E-state index in [1.54, 1.807) is 0 Å². The van der Waals surface area contributed by atoms with Crippen molar-refractivity contribution in [1.82, 2.24) is 5.32 Å². The second-order valence-electron chi connectivity index (χ2n) is 8.20. The highest BCUT2D eigenvalue weighted by atomic mass is 32.2. The number of benzene rings is 2. The van der Waals surface area contributed by atoms with Crippen molar-refractivity contribution in [3.8, 4) is 0 Å². The van der Waals surface area contributed by atoms with Gasteiger partial charge in [-0.3, -0.25) is 9.10 Å². The number of carbonyl (C=O) groups is 1. The molecule has 2 aromatic rings. The number of hydrogen-bond acceptors (Lipinski definition) is 5. The molecule has 8 heteroatoms. The standard InChI is InChI=1S/C24H33N3O4S/c1-19-6-4-7-23(20(19)2)27(32(3,29)30)13-5-8-24(28)25-18-21-9-11-22(12-10-21)26-14-16-31-17-15-26/h4,6-7,9-12H,5,8,13-18H2,1-3H3,(H,25,28). The first-order chi connectivity index (χ1) is 15.3. The molecule has 1 amide bonds. The first-order valence-electron chi connectivity index (χ1n) is 11.0. The van der Waals surface area contributed by atoms with Gasteiger partial charge in [-0.2, -0.15) is 0 Å². The number of amides is 1. The lowest BCUT2D eigenvalue weighted by Gasteiger charge is -2.28. The molecule has 174 valence electrons. The van der Waals surface area contributed by atoms with E-state index in [0.717, 1.165) is 48.7 Å². The van der Waals surface area contributed by atoms with Gasteiger partial charge in [0.05, 0.1) is 25.2 Å². The minimum Gasteiger partial charge on any atom is -0.378 e. The smallest absolute Gasteiger partial charge is 0.232 e. The molecule has 0 aliphatic carbocycles. The van der Waals surface area contributed by atoms with Gasteiger partial charge in [0.15, 0.2) is 0 Å². The summed E-state index contributed by atoms with van der Waals surface area (Å²) in [6, 6.07) is 13.8. The van der Waals surface area contributed by atoms with Gasteiger partial charge in [-0.15, -0.1) is 0 Å². The molecule has 0 saturated carbocycles. The Hall–Kier alpha value is -2.58. The van der Waals surface area contributed by atoms with Crippen molar-refractivity contribution in [1.29, 1.82) is 0 Å². The molecule has 2 aromatic carbocycles. The maximum atomic E-state index is 12.3. The van der Waals surface area contributed by atoms with Gasteiger partial charge in [0, 0.05) is 38.3 Å². The third kappa shape index (κ3) is 6.46. The minimum atomic E-state index is -3.43. The highest BCUT2D eigenvalue weighted by Gasteiger charge is 2.20. The zero-order valence-electron chi connectivity index (χ0n) is 19.1. The second-order valence-corrected chi connectivity index (χ2v) is 10.1. The maximum Gasteiger partial charge on any atom is 0.232 e. The van der Waals surface area contributed by atoms with Crippen molar-refractivity contribution in [2.45, 2.75) is 33.2 Å². The van der Waals surface area contributed by atoms with Gasteiger partial charge >= 0.3 is 0 Å². The van der Waals surface area contributed by atoms with Crippen LogP contribution in [0.5, 0.6) is 0 Å². The van der Waals surface area contributed by atoms with Gasteiger partial charge in [-0.25, -0.2) is 8.42 Å². The number of carbonyl (C=O) groups excluding carboxylic acids is 1. The number of sulfonamides is 1. The highest BCUT2D eigenvalue weighted by Crippen LogP contribution is 2.25. The van der Waals surface area contributed by atoms with E-state index in [1.165, 1.54) is 10.6 Å². The quantitative estimate of drug-likeness (QED) is 0.624. The number of rotatable bonds is 9. The monoisotopic (exact) mass is 459 g/mol. The molecule has 0 bridgehead atoms. The summed E-state index contributed by atoms with van der Waals surface area (Å²) in [5, 5.41) is 2.93. The van der Waals surface area contributed by atoms with E-state index < -0.39 is 10.0 Å². The summed E-state index contributed by atoms with van der Waals surface area (Å²) in [5.74, 6) is -0.0864. The van der Waals surface area contributed by atoms with Gasteiger partial charge in [-0.05, 0) is 55.2 Å². The third-order valence-corrected chi connectivity index (χ3v) is 6.99. The first kappa shape index (κ1) is 24.1. The summed E-state index contributed by atoms with van der Waals surface area (Å²) in [5.41, 5.74) is 4.84. The van der Waals surface area contributed by atoms with Crippen LogP contribution in [0.3, 0.4) is 0 Å². The van der Waals surface area contributed by atoms with Crippen molar-refractivity contribution in [3.63, 3.8) is 0 Å². The van der Waals surface area contributed by atoms with E-state index in [-0.39, 0.29) is 18.9 Å². The molecule has 0 aromatic heterocycles. The van der Waals surface area contributed by atoms with E-state index in [9.17, 15) is 13.2 Å². The van der Waals surface area contributed by atoms with Crippen LogP contribution in [0.1, 0.15) is 29.5 Å². The Bertz CT molecular complexity index is 1020. The van der Waals surface area contributed by atoms with Crippen LogP contribution in [0, 0.1) is 13.8 Å². The van der Waals surface area contributed by atoms with Gasteiger partial charge in [0.1, 0.15) is 0 Å². The van der Waals surface area contributed by atoms with Gasteiger partial charge in [0.2, 0.25) is 15.9 Å². The topological polar surface area (TPSA) is 79.0 Å². The summed E-state index contributed by atoms with van der Waals surface area (Å²) in [6.45, 7) is 7.88. The van der Waals surface area contributed by atoms with Crippen LogP contribution < -0.4 is 14.5 Å². The van der Waals surface area contributed by atoms with Gasteiger partial charge < -0.3 is 15.0 Å². The van der Waals surface area contributed by atoms with Crippen molar-refractivity contribution in [2.24, 2.45) is 0 Å². The summed E-state index contributed by atoms with van der Waals surface area (Å²) in [7, 11) is -3.43. The molecule has 0 atom stereocenters. The molecule has 1 N–H and O–H groups in total. The number of ether oxygens (including phenoxy) is 1. The van der Waals surface area contributed by atoms with Crippen molar-refractivity contribution >= 4 is 27.3 Å². The second kappa shape index (κ2) is 10.8. The van der Waals surface area contributed by atoms with E-state index in [2.05, 4.69) is 22.3 Å². The molecule has 32 heavy (non-hydrogen) atoms. The van der Waals surface area contributed by atoms with Crippen LogP contribution in [-0.2, 0) is 26.1 Å². The predicted molar refractivity (Wildman–Crippen MR) is 129 cm³/mol. The first-order valence-corrected chi connectivity index (χ1v) is 12.8. The maximum absolute atomic E-state index is 12.3. The number of anilines is 2. The van der Waals surface area contributed by atoms with Crippen LogP contribution >= 0.6 is 0 Å². The van der Waals surface area contributed by atoms with Crippen molar-refractivity contribution in [3.05, 3.63) is 59.2 Å². The molecule has 0 radical (unpaired) electrons. The molecule has 1 heterocycles. The van der Waals surface area contributed by atoms with E-state index in [1.807, 2.05) is 44.2 Å². The zero-order valence-corrected chi connectivity index (χ0v) is 20.0. The Balaban J connectivity index is 1.49. The number of aryl methyl sites for hydroxylation is 1. The molecular formula is C24H33N3O4S. The molecule has 0 spiro atoms. The lowest BCUT2D eigenvalue weighted by atomic mass is 10.1. The average molecular weight is 460 g/mol. The molecule has 0 unspecified atom stereocenters. The Morgan fingerprint density at radius 2 is 1.78 bits per heavy atom. The zero-order chi connectivity index (χ0) is 23.1. The molecule has 7 nitrogen and oxygen atoms in total. The van der Waals surface area contributed by atoms with Crippen LogP contribution in [0.2, 0.25) is 0 Å². The molecule has 1 aliphatic heterocycles. The summed E-state index contributed by atoms with van der Waals surface area (Å²) in [6.07, 6.45) is 1.92. The predicted octanol–water partition coefficient (Wildman–Crippen LogP) is 3.00. The Morgan fingerprint density at radius 1 is 1.09 bits per heavy atom. The van der Waals surface area contributed by atoms with E-state index in [0.29, 0.717) is 18.7 Å². The Morgan fingerprint density at radius 3 is 2.44 bits per heavy atom. The Kier molecular flexibility index (Phi) is 8.15. The average Bonchev–Trinajstić information content (AvgIpc) is 2.78. The molecule has 1 aliphatic rings. The molecule has 1 saturated heterocycles. The fourth-order valence-electron chi connectivity index (χ4n) is 3.79. The molecule has 3 rings (SSSR count). The van der Waals surface area contributed by atoms with E-state index in [4.69, 9.17) is 4.74 Å². The van der Waals surface area contributed by atoms with Crippen molar-refractivity contribution in [2.75, 3.05) is 48.3 Å². The van der Waals surface area contributed by atoms with Crippen LogP contribution in [0.15, 0.2) is 42.5 Å². The lowest BCUT2D eigenvalue weighted by molar-refractivity contribution is -0.121. The third-order valence-electron chi connectivity index (χ3n) is 5.81. The summed E-state index contributed by atoms with van der Waals surface area (Å²) >= 11 is 0. The fraction of sp³-hybridized carbons (Fsp3) is 0.458. The van der Waals surface area contributed by atoms with Crippen LogP contribution in [0.25, 0.3) is 0 Å². The van der Waals surface area contributed by atoms with Gasteiger partial charge in [0.25, 0.3) is 0 Å². The fourth-order valence-corrected chi connectivity index (χ4v) is 4.80. The van der Waals surface area contributed by atoms with Gasteiger partial charge in [-0.1, -0.05) is 24.3 Å². The largest absolute Gasteiger partial charge is 0.378 e. The minimum absolute atomic E-state index is 0.0864. The molecular weight excluding hydrogens is 426 g/mol. The Labute approximate surface area is 191 Å². The molecule has 1 fully saturated rings. The normalized spacial score (nSPS) is 14.3. The highest BCUT2D eigenvalue weighted by molar-refractivity contribution is 7.92. The number of morpholine rings is 1. The van der Waals surface area contributed by atoms with Crippen LogP contribution in [-0.4, -0.2) is 53.4 Å². The van der Waals surface area contributed by atoms with Crippen molar-refractivity contribution < 1.29 is 17.9 Å². The summed E-state index contributed by atoms with van der Waals surface area (Å²) in [4.78, 5) is 14.6. The van der Waals surface area contributed by atoms with E-state index >= 15 is 0 Å².